The topological polar surface area (TPSA) is 42.0 Å². The quantitative estimate of drug-likeness (QED) is 0.920. The average Bonchev–Trinajstić information content (AvgIpc) is 2.95. The van der Waals surface area contributed by atoms with Crippen molar-refractivity contribution >= 4 is 22.8 Å². The van der Waals surface area contributed by atoms with Crippen molar-refractivity contribution in [2.45, 2.75) is 25.8 Å². The Labute approximate surface area is 110 Å². The SMILES string of the molecule is Cc1csc(CC(=O)C2Cc3ccccc3N2)n1. The number of ketones is 1. The van der Waals surface area contributed by atoms with Crippen LogP contribution in [0.5, 0.6) is 0 Å². The van der Waals surface area contributed by atoms with Crippen molar-refractivity contribution < 1.29 is 4.79 Å². The number of aromatic nitrogens is 1. The van der Waals surface area contributed by atoms with Crippen LogP contribution in [0.1, 0.15) is 16.3 Å². The number of fused-ring (bicyclic) bond motifs is 1. The molecule has 1 unspecified atom stereocenters. The number of rotatable bonds is 3. The molecule has 18 heavy (non-hydrogen) atoms. The first-order valence-corrected chi connectivity index (χ1v) is 6.88. The summed E-state index contributed by atoms with van der Waals surface area (Å²) in [6.45, 7) is 1.95. The molecule has 1 aliphatic heterocycles. The Bertz CT molecular complexity index is 566. The molecule has 3 nitrogen and oxygen atoms in total. The summed E-state index contributed by atoms with van der Waals surface area (Å²) in [6, 6.07) is 8.01. The average molecular weight is 258 g/mol. The Morgan fingerprint density at radius 2 is 2.33 bits per heavy atom. The van der Waals surface area contributed by atoms with E-state index in [9.17, 15) is 4.79 Å². The van der Waals surface area contributed by atoms with Crippen molar-refractivity contribution in [3.05, 3.63) is 45.9 Å². The predicted molar refractivity (Wildman–Crippen MR) is 73.1 cm³/mol. The molecular weight excluding hydrogens is 244 g/mol. The smallest absolute Gasteiger partial charge is 0.162 e. The maximum atomic E-state index is 12.2. The third-order valence-electron chi connectivity index (χ3n) is 3.15. The van der Waals surface area contributed by atoms with Gasteiger partial charge in [-0.3, -0.25) is 4.79 Å². The molecular formula is C14H14N2OS. The maximum Gasteiger partial charge on any atom is 0.162 e. The Balaban J connectivity index is 1.69. The van der Waals surface area contributed by atoms with Crippen LogP contribution in [0, 0.1) is 6.92 Å². The molecule has 0 fully saturated rings. The fourth-order valence-electron chi connectivity index (χ4n) is 2.25. The Kier molecular flexibility index (Phi) is 2.88. The molecule has 2 heterocycles. The van der Waals surface area contributed by atoms with Gasteiger partial charge in [-0.15, -0.1) is 11.3 Å². The lowest BCUT2D eigenvalue weighted by molar-refractivity contribution is -0.119. The van der Waals surface area contributed by atoms with Crippen LogP contribution >= 0.6 is 11.3 Å². The monoisotopic (exact) mass is 258 g/mol. The highest BCUT2D eigenvalue weighted by atomic mass is 32.1. The van der Waals surface area contributed by atoms with E-state index in [0.29, 0.717) is 6.42 Å². The minimum absolute atomic E-state index is 0.0911. The van der Waals surface area contributed by atoms with Crippen molar-refractivity contribution in [1.29, 1.82) is 0 Å². The molecule has 0 amide bonds. The van der Waals surface area contributed by atoms with Crippen LogP contribution in [-0.2, 0) is 17.6 Å². The zero-order valence-corrected chi connectivity index (χ0v) is 11.0. The van der Waals surface area contributed by atoms with Gasteiger partial charge in [0, 0.05) is 23.2 Å². The molecule has 4 heteroatoms. The molecule has 3 rings (SSSR count). The molecule has 1 aromatic heterocycles. The normalized spacial score (nSPS) is 17.3. The maximum absolute atomic E-state index is 12.2. The van der Waals surface area contributed by atoms with Crippen LogP contribution in [0.4, 0.5) is 5.69 Å². The summed E-state index contributed by atoms with van der Waals surface area (Å²) in [4.78, 5) is 16.5. The van der Waals surface area contributed by atoms with E-state index < -0.39 is 0 Å². The van der Waals surface area contributed by atoms with Crippen LogP contribution < -0.4 is 5.32 Å². The second-order valence-corrected chi connectivity index (χ2v) is 5.53. The van der Waals surface area contributed by atoms with E-state index in [1.807, 2.05) is 30.5 Å². The summed E-state index contributed by atoms with van der Waals surface area (Å²) in [7, 11) is 0. The van der Waals surface area contributed by atoms with Crippen LogP contribution in [0.2, 0.25) is 0 Å². The van der Waals surface area contributed by atoms with Gasteiger partial charge >= 0.3 is 0 Å². The van der Waals surface area contributed by atoms with Crippen molar-refractivity contribution in [3.63, 3.8) is 0 Å². The lowest BCUT2D eigenvalue weighted by Gasteiger charge is -2.08. The van der Waals surface area contributed by atoms with Gasteiger partial charge in [0.1, 0.15) is 5.01 Å². The molecule has 1 N–H and O–H groups in total. The molecule has 0 aliphatic carbocycles. The van der Waals surface area contributed by atoms with Crippen molar-refractivity contribution in [3.8, 4) is 0 Å². The Morgan fingerprint density at radius 3 is 3.06 bits per heavy atom. The van der Waals surface area contributed by atoms with Crippen LogP contribution in [0.25, 0.3) is 0 Å². The summed E-state index contributed by atoms with van der Waals surface area (Å²) in [5.74, 6) is 0.223. The van der Waals surface area contributed by atoms with E-state index in [-0.39, 0.29) is 11.8 Å². The molecule has 0 saturated carbocycles. The van der Waals surface area contributed by atoms with Crippen molar-refractivity contribution in [2.75, 3.05) is 5.32 Å². The van der Waals surface area contributed by atoms with E-state index in [2.05, 4.69) is 16.4 Å². The summed E-state index contributed by atoms with van der Waals surface area (Å²) >= 11 is 1.56. The molecule has 0 bridgehead atoms. The van der Waals surface area contributed by atoms with Gasteiger partial charge in [0.15, 0.2) is 5.78 Å². The van der Waals surface area contributed by atoms with Crippen LogP contribution in [0.3, 0.4) is 0 Å². The summed E-state index contributed by atoms with van der Waals surface area (Å²) in [6.07, 6.45) is 1.23. The number of Topliss-reactive ketones (excluding diaryl/α,β-unsaturated/α-hetero) is 1. The number of thiazole rings is 1. The number of hydrogen-bond acceptors (Lipinski definition) is 4. The number of hydrogen-bond donors (Lipinski definition) is 1. The number of carbonyl (C=O) groups excluding carboxylic acids is 1. The summed E-state index contributed by atoms with van der Waals surface area (Å²) < 4.78 is 0. The molecule has 0 radical (unpaired) electrons. The zero-order chi connectivity index (χ0) is 12.5. The van der Waals surface area contributed by atoms with Gasteiger partial charge in [-0.2, -0.15) is 0 Å². The molecule has 92 valence electrons. The lowest BCUT2D eigenvalue weighted by Crippen LogP contribution is -2.28. The number of carbonyl (C=O) groups is 1. The van der Waals surface area contributed by atoms with E-state index in [4.69, 9.17) is 0 Å². The Hall–Kier alpha value is -1.68. The molecule has 1 atom stereocenters. The Morgan fingerprint density at radius 1 is 1.50 bits per heavy atom. The number of nitrogens with one attached hydrogen (secondary N) is 1. The second kappa shape index (κ2) is 4.53. The van der Waals surface area contributed by atoms with Gasteiger partial charge in [-0.25, -0.2) is 4.98 Å². The highest BCUT2D eigenvalue weighted by Gasteiger charge is 2.26. The summed E-state index contributed by atoms with van der Waals surface area (Å²) in [5, 5.41) is 6.19. The number of para-hydroxylation sites is 1. The lowest BCUT2D eigenvalue weighted by atomic mass is 10.1. The third kappa shape index (κ3) is 2.16. The highest BCUT2D eigenvalue weighted by Crippen LogP contribution is 2.26. The fraction of sp³-hybridized carbons (Fsp3) is 0.286. The first-order valence-electron chi connectivity index (χ1n) is 6.00. The second-order valence-electron chi connectivity index (χ2n) is 4.58. The van der Waals surface area contributed by atoms with Crippen LogP contribution in [-0.4, -0.2) is 16.8 Å². The van der Waals surface area contributed by atoms with Gasteiger partial charge < -0.3 is 5.32 Å². The molecule has 1 aliphatic rings. The predicted octanol–water partition coefficient (Wildman–Crippen LogP) is 2.60. The molecule has 0 spiro atoms. The van der Waals surface area contributed by atoms with Crippen LogP contribution in [0.15, 0.2) is 29.6 Å². The van der Waals surface area contributed by atoms with E-state index in [1.165, 1.54) is 5.56 Å². The third-order valence-corrected chi connectivity index (χ3v) is 4.12. The van der Waals surface area contributed by atoms with Crippen molar-refractivity contribution in [1.82, 2.24) is 4.98 Å². The minimum Gasteiger partial charge on any atom is -0.375 e. The van der Waals surface area contributed by atoms with Gasteiger partial charge in [0.2, 0.25) is 0 Å². The van der Waals surface area contributed by atoms with Gasteiger partial charge in [0.05, 0.1) is 12.5 Å². The minimum atomic E-state index is -0.0911. The standard InChI is InChI=1S/C14H14N2OS/c1-9-8-18-14(15-9)7-13(17)12-6-10-4-2-3-5-11(10)16-12/h2-5,8,12,16H,6-7H2,1H3. The van der Waals surface area contributed by atoms with Gasteiger partial charge in [-0.1, -0.05) is 18.2 Å². The van der Waals surface area contributed by atoms with E-state index in [1.54, 1.807) is 11.3 Å². The number of nitrogens with zero attached hydrogens (tertiary/aromatic N) is 1. The molecule has 0 saturated heterocycles. The number of aryl methyl sites for hydroxylation is 1. The van der Waals surface area contributed by atoms with E-state index in [0.717, 1.165) is 22.8 Å². The van der Waals surface area contributed by atoms with E-state index >= 15 is 0 Å². The van der Waals surface area contributed by atoms with Gasteiger partial charge in [0.25, 0.3) is 0 Å². The number of anilines is 1. The largest absolute Gasteiger partial charge is 0.375 e. The first kappa shape index (κ1) is 11.4. The number of benzene rings is 1. The fourth-order valence-corrected chi connectivity index (χ4v) is 3.03. The molecule has 1 aromatic carbocycles. The molecule has 2 aromatic rings. The first-order chi connectivity index (χ1) is 8.72. The van der Waals surface area contributed by atoms with Crippen molar-refractivity contribution in [2.24, 2.45) is 0 Å². The summed E-state index contributed by atoms with van der Waals surface area (Å²) in [5.41, 5.74) is 3.31. The zero-order valence-electron chi connectivity index (χ0n) is 10.1. The van der Waals surface area contributed by atoms with Gasteiger partial charge in [-0.05, 0) is 18.6 Å². The highest BCUT2D eigenvalue weighted by molar-refractivity contribution is 7.09.